The molecule has 132 valence electrons. The molecule has 0 radical (unpaired) electrons. The second-order valence-electron chi connectivity index (χ2n) is 5.34. The molecule has 0 spiro atoms. The first-order valence-corrected chi connectivity index (χ1v) is 8.03. The number of hydrogen-bond donors (Lipinski definition) is 3. The van der Waals surface area contributed by atoms with E-state index < -0.39 is 5.97 Å². The fourth-order valence-corrected chi connectivity index (χ4v) is 2.38. The van der Waals surface area contributed by atoms with Gasteiger partial charge in [0.05, 0.1) is 18.9 Å². The lowest BCUT2D eigenvalue weighted by Crippen LogP contribution is -2.04. The van der Waals surface area contributed by atoms with Crippen molar-refractivity contribution in [3.8, 4) is 0 Å². The number of nitrogen functional groups attached to an aromatic ring is 1. The molecule has 1 heterocycles. The van der Waals surface area contributed by atoms with Crippen LogP contribution in [0.5, 0.6) is 0 Å². The third-order valence-electron chi connectivity index (χ3n) is 3.43. The van der Waals surface area contributed by atoms with E-state index in [1.54, 1.807) is 36.4 Å². The van der Waals surface area contributed by atoms with Crippen LogP contribution in [-0.2, 0) is 4.74 Å². The molecule has 4 N–H and O–H groups in total. The second-order valence-corrected chi connectivity index (χ2v) is 5.75. The minimum Gasteiger partial charge on any atom is -0.465 e. The van der Waals surface area contributed by atoms with Gasteiger partial charge in [0.2, 0.25) is 5.95 Å². The SMILES string of the molecule is COC(=O)c1cccc(Nc2nc(Nc3cccc(N)c3)ncc2Cl)c1. The first kappa shape index (κ1) is 17.5. The number of aromatic nitrogens is 2. The molecule has 1 aromatic heterocycles. The standard InChI is InChI=1S/C18H16ClN5O2/c1-26-17(25)11-4-2-6-13(8-11)22-16-15(19)10-21-18(24-16)23-14-7-3-5-12(20)9-14/h2-10H,20H2,1H3,(H2,21,22,23,24). The minimum absolute atomic E-state index is 0.339. The molecule has 0 bridgehead atoms. The molecule has 2 aromatic carbocycles. The van der Waals surface area contributed by atoms with Crippen LogP contribution in [0.15, 0.2) is 54.7 Å². The van der Waals surface area contributed by atoms with Gasteiger partial charge in [0, 0.05) is 17.1 Å². The molecule has 0 amide bonds. The highest BCUT2D eigenvalue weighted by molar-refractivity contribution is 6.32. The summed E-state index contributed by atoms with van der Waals surface area (Å²) in [5, 5.41) is 6.47. The van der Waals surface area contributed by atoms with E-state index in [-0.39, 0.29) is 0 Å². The summed E-state index contributed by atoms with van der Waals surface area (Å²) in [5.41, 5.74) is 8.21. The Bertz CT molecular complexity index is 948. The number of carbonyl (C=O) groups excluding carboxylic acids is 1. The Labute approximate surface area is 155 Å². The van der Waals surface area contributed by atoms with E-state index in [0.29, 0.717) is 33.7 Å². The molecule has 7 nitrogen and oxygen atoms in total. The zero-order chi connectivity index (χ0) is 18.5. The zero-order valence-corrected chi connectivity index (χ0v) is 14.6. The number of anilines is 5. The van der Waals surface area contributed by atoms with Crippen molar-refractivity contribution in [2.45, 2.75) is 0 Å². The van der Waals surface area contributed by atoms with E-state index in [1.165, 1.54) is 13.3 Å². The van der Waals surface area contributed by atoms with Crippen LogP contribution < -0.4 is 16.4 Å². The monoisotopic (exact) mass is 369 g/mol. The molecule has 0 aliphatic carbocycles. The predicted molar refractivity (Wildman–Crippen MR) is 102 cm³/mol. The molecule has 0 fully saturated rings. The van der Waals surface area contributed by atoms with Crippen molar-refractivity contribution in [1.29, 1.82) is 0 Å². The number of nitrogens with zero attached hydrogens (tertiary/aromatic N) is 2. The van der Waals surface area contributed by atoms with Crippen molar-refractivity contribution in [1.82, 2.24) is 9.97 Å². The average Bonchev–Trinajstić information content (AvgIpc) is 2.64. The van der Waals surface area contributed by atoms with Gasteiger partial charge in [0.15, 0.2) is 5.82 Å². The van der Waals surface area contributed by atoms with Crippen LogP contribution in [0.1, 0.15) is 10.4 Å². The van der Waals surface area contributed by atoms with Gasteiger partial charge in [-0.2, -0.15) is 4.98 Å². The predicted octanol–water partition coefficient (Wildman–Crippen LogP) is 3.99. The lowest BCUT2D eigenvalue weighted by Gasteiger charge is -2.11. The quantitative estimate of drug-likeness (QED) is 0.461. The van der Waals surface area contributed by atoms with Crippen LogP contribution in [0.25, 0.3) is 0 Å². The minimum atomic E-state index is -0.425. The highest BCUT2D eigenvalue weighted by Crippen LogP contribution is 2.25. The molecule has 0 saturated heterocycles. The first-order valence-electron chi connectivity index (χ1n) is 7.65. The summed E-state index contributed by atoms with van der Waals surface area (Å²) in [6.07, 6.45) is 1.48. The van der Waals surface area contributed by atoms with Crippen LogP contribution in [0.4, 0.5) is 28.8 Å². The molecule has 3 rings (SSSR count). The van der Waals surface area contributed by atoms with Crippen LogP contribution in [-0.4, -0.2) is 23.0 Å². The van der Waals surface area contributed by atoms with Crippen LogP contribution >= 0.6 is 11.6 Å². The largest absolute Gasteiger partial charge is 0.465 e. The van der Waals surface area contributed by atoms with Gasteiger partial charge in [-0.25, -0.2) is 9.78 Å². The maximum Gasteiger partial charge on any atom is 0.337 e. The van der Waals surface area contributed by atoms with Gasteiger partial charge in [-0.1, -0.05) is 23.7 Å². The van der Waals surface area contributed by atoms with Gasteiger partial charge in [0.25, 0.3) is 0 Å². The van der Waals surface area contributed by atoms with Gasteiger partial charge < -0.3 is 21.1 Å². The molecule has 0 aliphatic heterocycles. The highest BCUT2D eigenvalue weighted by Gasteiger charge is 2.09. The lowest BCUT2D eigenvalue weighted by atomic mass is 10.2. The van der Waals surface area contributed by atoms with E-state index in [2.05, 4.69) is 20.6 Å². The lowest BCUT2D eigenvalue weighted by molar-refractivity contribution is 0.0601. The summed E-state index contributed by atoms with van der Waals surface area (Å²) in [6, 6.07) is 14.1. The van der Waals surface area contributed by atoms with Gasteiger partial charge in [-0.05, 0) is 36.4 Å². The number of esters is 1. The number of methoxy groups -OCH3 is 1. The van der Waals surface area contributed by atoms with Crippen molar-refractivity contribution in [2.75, 3.05) is 23.5 Å². The normalized spacial score (nSPS) is 10.2. The topological polar surface area (TPSA) is 102 Å². The molecular formula is C18H16ClN5O2. The summed E-state index contributed by atoms with van der Waals surface area (Å²) < 4.78 is 4.72. The number of nitrogens with one attached hydrogen (secondary N) is 2. The Morgan fingerprint density at radius 2 is 1.85 bits per heavy atom. The van der Waals surface area contributed by atoms with Crippen LogP contribution in [0.3, 0.4) is 0 Å². The summed E-state index contributed by atoms with van der Waals surface area (Å²) >= 11 is 6.18. The number of nitrogens with two attached hydrogens (primary N) is 1. The summed E-state index contributed by atoms with van der Waals surface area (Å²) in [5.74, 6) is 0.327. The van der Waals surface area contributed by atoms with Crippen molar-refractivity contribution in [3.63, 3.8) is 0 Å². The Morgan fingerprint density at radius 1 is 1.12 bits per heavy atom. The fourth-order valence-electron chi connectivity index (χ4n) is 2.24. The van der Waals surface area contributed by atoms with E-state index in [0.717, 1.165) is 5.69 Å². The molecule has 0 atom stereocenters. The van der Waals surface area contributed by atoms with Crippen molar-refractivity contribution >= 4 is 46.4 Å². The van der Waals surface area contributed by atoms with E-state index in [1.807, 2.05) is 12.1 Å². The van der Waals surface area contributed by atoms with Crippen molar-refractivity contribution in [2.24, 2.45) is 0 Å². The molecule has 8 heteroatoms. The summed E-state index contributed by atoms with van der Waals surface area (Å²) in [7, 11) is 1.33. The van der Waals surface area contributed by atoms with Crippen molar-refractivity contribution < 1.29 is 9.53 Å². The van der Waals surface area contributed by atoms with Gasteiger partial charge in [-0.15, -0.1) is 0 Å². The second kappa shape index (κ2) is 7.71. The van der Waals surface area contributed by atoms with Gasteiger partial charge >= 0.3 is 5.97 Å². The molecule has 3 aromatic rings. The van der Waals surface area contributed by atoms with E-state index in [9.17, 15) is 4.79 Å². The number of rotatable bonds is 5. The number of ether oxygens (including phenoxy) is 1. The van der Waals surface area contributed by atoms with Crippen LogP contribution in [0, 0.1) is 0 Å². The third-order valence-corrected chi connectivity index (χ3v) is 3.71. The van der Waals surface area contributed by atoms with Gasteiger partial charge in [0.1, 0.15) is 5.02 Å². The molecule has 0 aliphatic rings. The highest BCUT2D eigenvalue weighted by atomic mass is 35.5. The first-order chi connectivity index (χ1) is 12.5. The molecule has 26 heavy (non-hydrogen) atoms. The number of carbonyl (C=O) groups is 1. The Morgan fingerprint density at radius 3 is 2.58 bits per heavy atom. The Kier molecular flexibility index (Phi) is 5.19. The third kappa shape index (κ3) is 4.20. The molecular weight excluding hydrogens is 354 g/mol. The van der Waals surface area contributed by atoms with Crippen molar-refractivity contribution in [3.05, 3.63) is 65.3 Å². The zero-order valence-electron chi connectivity index (χ0n) is 13.9. The summed E-state index contributed by atoms with van der Waals surface area (Å²) in [4.78, 5) is 20.2. The number of hydrogen-bond acceptors (Lipinski definition) is 7. The van der Waals surface area contributed by atoms with E-state index in [4.69, 9.17) is 22.1 Å². The Hall–Kier alpha value is -3.32. The smallest absolute Gasteiger partial charge is 0.337 e. The number of halogens is 1. The maximum absolute atomic E-state index is 11.6. The molecule has 0 unspecified atom stereocenters. The Balaban J connectivity index is 1.83. The van der Waals surface area contributed by atoms with E-state index >= 15 is 0 Å². The average molecular weight is 370 g/mol. The van der Waals surface area contributed by atoms with Gasteiger partial charge in [-0.3, -0.25) is 0 Å². The summed E-state index contributed by atoms with van der Waals surface area (Å²) in [6.45, 7) is 0. The fraction of sp³-hybridized carbons (Fsp3) is 0.0556. The van der Waals surface area contributed by atoms with Crippen LogP contribution in [0.2, 0.25) is 5.02 Å². The maximum atomic E-state index is 11.6. The molecule has 0 saturated carbocycles. The number of benzene rings is 2.